The summed E-state index contributed by atoms with van der Waals surface area (Å²) in [5, 5.41) is 0. The van der Waals surface area contributed by atoms with Gasteiger partial charge in [0.2, 0.25) is 0 Å². The van der Waals surface area contributed by atoms with Crippen molar-refractivity contribution < 1.29 is 19.2 Å². The van der Waals surface area contributed by atoms with Crippen LogP contribution in [-0.4, -0.2) is 38.1 Å². The van der Waals surface area contributed by atoms with E-state index in [1.807, 2.05) is 6.92 Å². The second kappa shape index (κ2) is 5.11. The lowest BCUT2D eigenvalue weighted by molar-refractivity contribution is -0.919. The molecule has 0 aromatic carbocycles. The van der Waals surface area contributed by atoms with Crippen LogP contribution in [0.4, 0.5) is 0 Å². The van der Waals surface area contributed by atoms with Crippen molar-refractivity contribution in [1.82, 2.24) is 0 Å². The van der Waals surface area contributed by atoms with E-state index in [2.05, 4.69) is 0 Å². The number of rotatable bonds is 3. The number of methoxy groups -OCH3 is 1. The number of quaternary nitrogens is 1. The minimum Gasteiger partial charge on any atom is -0.469 e. The van der Waals surface area contributed by atoms with Gasteiger partial charge in [0.05, 0.1) is 26.1 Å². The standard InChI is InChI=1S/C10H18N2O3/c1-7(9(11)13)12-5-3-8(4-6-12)10(14)15-2/h7-8H,3-6H2,1-2H3,(H2,11,13)/p+1/t7-/m1/s1. The fourth-order valence-corrected chi connectivity index (χ4v) is 2.03. The summed E-state index contributed by atoms with van der Waals surface area (Å²) in [4.78, 5) is 23.4. The van der Waals surface area contributed by atoms with Gasteiger partial charge in [0.1, 0.15) is 0 Å². The summed E-state index contributed by atoms with van der Waals surface area (Å²) in [5.74, 6) is -0.416. The predicted molar refractivity (Wildman–Crippen MR) is 54.1 cm³/mol. The quantitative estimate of drug-likeness (QED) is 0.553. The fourth-order valence-electron chi connectivity index (χ4n) is 2.03. The summed E-state index contributed by atoms with van der Waals surface area (Å²) in [5.41, 5.74) is 5.24. The van der Waals surface area contributed by atoms with Gasteiger partial charge in [-0.05, 0) is 6.92 Å². The van der Waals surface area contributed by atoms with E-state index in [0.29, 0.717) is 0 Å². The molecule has 5 nitrogen and oxygen atoms in total. The number of ether oxygens (including phenoxy) is 1. The third-order valence-corrected chi connectivity index (χ3v) is 3.20. The Morgan fingerprint density at radius 2 is 1.93 bits per heavy atom. The number of nitrogens with two attached hydrogens (primary N) is 1. The maximum Gasteiger partial charge on any atom is 0.309 e. The third kappa shape index (κ3) is 2.92. The second-order valence-electron chi connectivity index (χ2n) is 4.08. The van der Waals surface area contributed by atoms with Gasteiger partial charge in [-0.3, -0.25) is 9.59 Å². The molecule has 1 aliphatic rings. The van der Waals surface area contributed by atoms with E-state index in [0.717, 1.165) is 25.9 Å². The van der Waals surface area contributed by atoms with E-state index in [1.165, 1.54) is 12.0 Å². The largest absolute Gasteiger partial charge is 0.469 e. The van der Waals surface area contributed by atoms with Crippen LogP contribution in [-0.2, 0) is 14.3 Å². The number of carbonyl (C=O) groups excluding carboxylic acids is 2. The first-order valence-corrected chi connectivity index (χ1v) is 5.28. The molecule has 15 heavy (non-hydrogen) atoms. The fraction of sp³-hybridized carbons (Fsp3) is 0.800. The molecular weight excluding hydrogens is 196 g/mol. The molecule has 0 radical (unpaired) electrons. The molecule has 5 heteroatoms. The van der Waals surface area contributed by atoms with Crippen LogP contribution in [0.1, 0.15) is 19.8 Å². The van der Waals surface area contributed by atoms with Gasteiger partial charge in [-0.25, -0.2) is 0 Å². The van der Waals surface area contributed by atoms with Crippen molar-refractivity contribution in [3.05, 3.63) is 0 Å². The molecule has 0 aliphatic carbocycles. The molecular formula is C10H19N2O3+. The number of hydrogen-bond donors (Lipinski definition) is 2. The molecule has 0 bridgehead atoms. The molecule has 0 unspecified atom stereocenters. The van der Waals surface area contributed by atoms with Crippen molar-refractivity contribution in [2.75, 3.05) is 20.2 Å². The number of primary amides is 1. The molecule has 1 heterocycles. The monoisotopic (exact) mass is 215 g/mol. The highest BCUT2D eigenvalue weighted by atomic mass is 16.5. The van der Waals surface area contributed by atoms with Gasteiger partial charge < -0.3 is 15.4 Å². The van der Waals surface area contributed by atoms with Gasteiger partial charge in [-0.15, -0.1) is 0 Å². The average Bonchev–Trinajstić information content (AvgIpc) is 2.27. The molecule has 0 aromatic heterocycles. The first-order valence-electron chi connectivity index (χ1n) is 5.28. The SMILES string of the molecule is COC(=O)C1CC[NH+]([C@H](C)C(N)=O)CC1. The molecule has 0 saturated carbocycles. The summed E-state index contributed by atoms with van der Waals surface area (Å²) >= 11 is 0. The van der Waals surface area contributed by atoms with Gasteiger partial charge in [0, 0.05) is 12.8 Å². The van der Waals surface area contributed by atoms with E-state index < -0.39 is 0 Å². The van der Waals surface area contributed by atoms with Gasteiger partial charge in [0.15, 0.2) is 6.04 Å². The highest BCUT2D eigenvalue weighted by Crippen LogP contribution is 2.11. The Bertz CT molecular complexity index is 247. The third-order valence-electron chi connectivity index (χ3n) is 3.20. The van der Waals surface area contributed by atoms with Crippen LogP contribution >= 0.6 is 0 Å². The Balaban J connectivity index is 2.42. The zero-order valence-electron chi connectivity index (χ0n) is 9.29. The number of carbonyl (C=O) groups is 2. The van der Waals surface area contributed by atoms with Crippen molar-refractivity contribution in [2.45, 2.75) is 25.8 Å². The smallest absolute Gasteiger partial charge is 0.309 e. The summed E-state index contributed by atoms with van der Waals surface area (Å²) in [7, 11) is 1.41. The minimum absolute atomic E-state index is 0.00109. The summed E-state index contributed by atoms with van der Waals surface area (Å²) in [6.45, 7) is 3.45. The van der Waals surface area contributed by atoms with Crippen molar-refractivity contribution >= 4 is 11.9 Å². The highest BCUT2D eigenvalue weighted by molar-refractivity contribution is 5.78. The Kier molecular flexibility index (Phi) is 4.08. The molecule has 0 spiro atoms. The van der Waals surface area contributed by atoms with Gasteiger partial charge in [-0.2, -0.15) is 0 Å². The van der Waals surface area contributed by atoms with Gasteiger partial charge >= 0.3 is 5.97 Å². The van der Waals surface area contributed by atoms with Crippen LogP contribution in [0.25, 0.3) is 0 Å². The summed E-state index contributed by atoms with van der Waals surface area (Å²) < 4.78 is 4.69. The summed E-state index contributed by atoms with van der Waals surface area (Å²) in [6, 6.07) is -0.163. The second-order valence-corrected chi connectivity index (χ2v) is 4.08. The number of likely N-dealkylation sites (tertiary alicyclic amines) is 1. The summed E-state index contributed by atoms with van der Waals surface area (Å²) in [6.07, 6.45) is 1.55. The van der Waals surface area contributed by atoms with E-state index in [4.69, 9.17) is 10.5 Å². The molecule has 1 atom stereocenters. The number of amides is 1. The van der Waals surface area contributed by atoms with E-state index in [1.54, 1.807) is 0 Å². The Hall–Kier alpha value is -1.10. The van der Waals surface area contributed by atoms with Crippen molar-refractivity contribution in [3.8, 4) is 0 Å². The van der Waals surface area contributed by atoms with Crippen molar-refractivity contribution in [3.63, 3.8) is 0 Å². The lowest BCUT2D eigenvalue weighted by Crippen LogP contribution is -3.17. The number of nitrogens with one attached hydrogen (secondary N) is 1. The predicted octanol–water partition coefficient (Wildman–Crippen LogP) is -1.67. The Morgan fingerprint density at radius 1 is 1.40 bits per heavy atom. The molecule has 1 saturated heterocycles. The average molecular weight is 215 g/mol. The van der Waals surface area contributed by atoms with Gasteiger partial charge in [0.25, 0.3) is 5.91 Å². The van der Waals surface area contributed by atoms with E-state index in [9.17, 15) is 9.59 Å². The first kappa shape index (κ1) is 12.0. The van der Waals surface area contributed by atoms with Crippen LogP contribution in [0.3, 0.4) is 0 Å². The number of piperidine rings is 1. The van der Waals surface area contributed by atoms with Crippen LogP contribution in [0, 0.1) is 5.92 Å². The van der Waals surface area contributed by atoms with Crippen LogP contribution in [0.15, 0.2) is 0 Å². The normalized spacial score (nSPS) is 28.1. The van der Waals surface area contributed by atoms with E-state index >= 15 is 0 Å². The van der Waals surface area contributed by atoms with E-state index in [-0.39, 0.29) is 23.8 Å². The molecule has 3 N–H and O–H groups in total. The molecule has 86 valence electrons. The lowest BCUT2D eigenvalue weighted by Gasteiger charge is -2.30. The molecule has 0 aromatic rings. The first-order chi connectivity index (χ1) is 7.06. The zero-order chi connectivity index (χ0) is 11.4. The Labute approximate surface area is 89.6 Å². The molecule has 1 aliphatic heterocycles. The molecule has 1 rings (SSSR count). The molecule has 1 fully saturated rings. The maximum atomic E-state index is 11.3. The number of hydrogen-bond acceptors (Lipinski definition) is 3. The van der Waals surface area contributed by atoms with Crippen LogP contribution < -0.4 is 10.6 Å². The van der Waals surface area contributed by atoms with Gasteiger partial charge in [-0.1, -0.05) is 0 Å². The van der Waals surface area contributed by atoms with Crippen LogP contribution in [0.5, 0.6) is 0 Å². The Morgan fingerprint density at radius 3 is 2.33 bits per heavy atom. The lowest BCUT2D eigenvalue weighted by atomic mass is 9.96. The van der Waals surface area contributed by atoms with Crippen molar-refractivity contribution in [2.24, 2.45) is 11.7 Å². The minimum atomic E-state index is -0.276. The zero-order valence-corrected chi connectivity index (χ0v) is 9.29. The van der Waals surface area contributed by atoms with Crippen molar-refractivity contribution in [1.29, 1.82) is 0 Å². The highest BCUT2D eigenvalue weighted by Gasteiger charge is 2.32. The van der Waals surface area contributed by atoms with Crippen LogP contribution in [0.2, 0.25) is 0 Å². The topological polar surface area (TPSA) is 73.8 Å². The molecule has 1 amide bonds. The maximum absolute atomic E-state index is 11.3. The number of esters is 1.